The van der Waals surface area contributed by atoms with Gasteiger partial charge in [-0.25, -0.2) is 0 Å². The van der Waals surface area contributed by atoms with E-state index in [4.69, 9.17) is 4.74 Å². The molecule has 1 unspecified atom stereocenters. The van der Waals surface area contributed by atoms with Gasteiger partial charge in [0, 0.05) is 8.07 Å². The van der Waals surface area contributed by atoms with Crippen molar-refractivity contribution < 1.29 is 9.53 Å². The zero-order valence-electron chi connectivity index (χ0n) is 14.5. The summed E-state index contributed by atoms with van der Waals surface area (Å²) in [6.07, 6.45) is 0.865. The van der Waals surface area contributed by atoms with E-state index in [-0.39, 0.29) is 16.8 Å². The SMILES string of the molecule is CC(C)C(C)(CC(C)(C)C)C(=O)OCC[Si](C)(C)C. The summed E-state index contributed by atoms with van der Waals surface area (Å²) in [5.74, 6) is 0.279. The van der Waals surface area contributed by atoms with E-state index in [1.165, 1.54) is 0 Å². The molecule has 0 aromatic carbocycles. The molecule has 0 aliphatic carbocycles. The number of hydrogen-bond donors (Lipinski definition) is 0. The summed E-state index contributed by atoms with van der Waals surface area (Å²) in [5.41, 5.74) is -0.242. The Hall–Kier alpha value is -0.313. The van der Waals surface area contributed by atoms with Gasteiger partial charge in [-0.1, -0.05) is 54.3 Å². The van der Waals surface area contributed by atoms with Crippen LogP contribution in [0.15, 0.2) is 0 Å². The predicted molar refractivity (Wildman–Crippen MR) is 86.1 cm³/mol. The van der Waals surface area contributed by atoms with Gasteiger partial charge in [0.05, 0.1) is 12.0 Å². The zero-order chi connectivity index (χ0) is 15.5. The standard InChI is InChI=1S/C16H34O2Si/c1-13(2)16(6,12-15(3,4)5)14(17)18-10-11-19(7,8)9/h13H,10-12H2,1-9H3. The Labute approximate surface area is 121 Å². The van der Waals surface area contributed by atoms with Crippen molar-refractivity contribution in [3.05, 3.63) is 0 Å². The first-order chi connectivity index (χ1) is 8.28. The average molecular weight is 287 g/mol. The van der Waals surface area contributed by atoms with Crippen molar-refractivity contribution in [2.75, 3.05) is 6.61 Å². The van der Waals surface area contributed by atoms with E-state index in [1.807, 2.05) is 0 Å². The Bertz CT molecular complexity index is 297. The van der Waals surface area contributed by atoms with Crippen LogP contribution in [0.4, 0.5) is 0 Å². The zero-order valence-corrected chi connectivity index (χ0v) is 15.5. The maximum Gasteiger partial charge on any atom is 0.312 e. The summed E-state index contributed by atoms with van der Waals surface area (Å²) >= 11 is 0. The molecule has 19 heavy (non-hydrogen) atoms. The first kappa shape index (κ1) is 18.7. The van der Waals surface area contributed by atoms with Crippen molar-refractivity contribution in [2.45, 2.75) is 73.6 Å². The molecule has 1 atom stereocenters. The largest absolute Gasteiger partial charge is 0.466 e. The second-order valence-corrected chi connectivity index (χ2v) is 14.4. The summed E-state index contributed by atoms with van der Waals surface area (Å²) < 4.78 is 5.59. The van der Waals surface area contributed by atoms with Crippen LogP contribution in [0.3, 0.4) is 0 Å². The van der Waals surface area contributed by atoms with Gasteiger partial charge in [-0.15, -0.1) is 0 Å². The first-order valence-corrected chi connectivity index (χ1v) is 11.2. The molecular weight excluding hydrogens is 252 g/mol. The van der Waals surface area contributed by atoms with Crippen molar-refractivity contribution in [2.24, 2.45) is 16.7 Å². The number of hydrogen-bond acceptors (Lipinski definition) is 2. The number of esters is 1. The highest BCUT2D eigenvalue weighted by Crippen LogP contribution is 2.40. The molecule has 0 bridgehead atoms. The third kappa shape index (κ3) is 7.14. The molecule has 0 saturated heterocycles. The molecule has 0 heterocycles. The van der Waals surface area contributed by atoms with Crippen LogP contribution in [0.25, 0.3) is 0 Å². The number of ether oxygens (including phenoxy) is 1. The van der Waals surface area contributed by atoms with Crippen LogP contribution < -0.4 is 0 Å². The second-order valence-electron chi connectivity index (χ2n) is 8.76. The lowest BCUT2D eigenvalue weighted by Gasteiger charge is -2.37. The molecule has 2 nitrogen and oxygen atoms in total. The summed E-state index contributed by atoms with van der Waals surface area (Å²) in [6, 6.07) is 1.04. The van der Waals surface area contributed by atoms with Crippen LogP contribution in [0.2, 0.25) is 25.7 Å². The van der Waals surface area contributed by atoms with Crippen molar-refractivity contribution in [1.29, 1.82) is 0 Å². The molecule has 114 valence electrons. The van der Waals surface area contributed by atoms with Crippen LogP contribution in [0.1, 0.15) is 48.0 Å². The molecule has 0 fully saturated rings. The molecule has 0 amide bonds. The van der Waals surface area contributed by atoms with Gasteiger partial charge in [0.15, 0.2) is 0 Å². The molecular formula is C16H34O2Si. The highest BCUT2D eigenvalue weighted by Gasteiger charge is 2.41. The third-order valence-corrected chi connectivity index (χ3v) is 5.43. The van der Waals surface area contributed by atoms with E-state index in [1.54, 1.807) is 0 Å². The minimum Gasteiger partial charge on any atom is -0.466 e. The molecule has 0 aromatic heterocycles. The molecule has 3 heteroatoms. The Morgan fingerprint density at radius 1 is 1.11 bits per heavy atom. The lowest BCUT2D eigenvalue weighted by Crippen LogP contribution is -2.39. The Balaban J connectivity index is 4.68. The Morgan fingerprint density at radius 3 is 1.89 bits per heavy atom. The topological polar surface area (TPSA) is 26.3 Å². The van der Waals surface area contributed by atoms with Crippen LogP contribution in [-0.2, 0) is 9.53 Å². The Morgan fingerprint density at radius 2 is 1.58 bits per heavy atom. The van der Waals surface area contributed by atoms with E-state index >= 15 is 0 Å². The van der Waals surface area contributed by atoms with Gasteiger partial charge in [-0.2, -0.15) is 0 Å². The fraction of sp³-hybridized carbons (Fsp3) is 0.938. The number of rotatable bonds is 6. The highest BCUT2D eigenvalue weighted by molar-refractivity contribution is 6.76. The van der Waals surface area contributed by atoms with Crippen LogP contribution in [0, 0.1) is 16.7 Å². The molecule has 0 aliphatic rings. The predicted octanol–water partition coefficient (Wildman–Crippen LogP) is 4.97. The van der Waals surface area contributed by atoms with Gasteiger partial charge < -0.3 is 4.74 Å². The average Bonchev–Trinajstić information content (AvgIpc) is 2.12. The van der Waals surface area contributed by atoms with Crippen molar-refractivity contribution in [3.8, 4) is 0 Å². The van der Waals surface area contributed by atoms with Crippen molar-refractivity contribution >= 4 is 14.0 Å². The van der Waals surface area contributed by atoms with Crippen LogP contribution in [0.5, 0.6) is 0 Å². The number of carbonyl (C=O) groups is 1. The minimum atomic E-state index is -1.13. The number of carbonyl (C=O) groups excluding carboxylic acids is 1. The molecule has 0 rings (SSSR count). The van der Waals surface area contributed by atoms with Gasteiger partial charge >= 0.3 is 5.97 Å². The van der Waals surface area contributed by atoms with E-state index in [0.29, 0.717) is 12.5 Å². The maximum absolute atomic E-state index is 12.5. The lowest BCUT2D eigenvalue weighted by molar-refractivity contribution is -0.159. The summed E-state index contributed by atoms with van der Waals surface area (Å²) in [5, 5.41) is 0. The quantitative estimate of drug-likeness (QED) is 0.509. The lowest BCUT2D eigenvalue weighted by atomic mass is 9.69. The van der Waals surface area contributed by atoms with E-state index in [2.05, 4.69) is 61.2 Å². The van der Waals surface area contributed by atoms with E-state index in [0.717, 1.165) is 12.5 Å². The van der Waals surface area contributed by atoms with E-state index < -0.39 is 8.07 Å². The smallest absolute Gasteiger partial charge is 0.312 e. The van der Waals surface area contributed by atoms with Crippen molar-refractivity contribution in [3.63, 3.8) is 0 Å². The maximum atomic E-state index is 12.5. The van der Waals surface area contributed by atoms with Gasteiger partial charge in [0.2, 0.25) is 0 Å². The van der Waals surface area contributed by atoms with E-state index in [9.17, 15) is 4.79 Å². The fourth-order valence-electron chi connectivity index (χ4n) is 2.23. The molecule has 0 aromatic rings. The monoisotopic (exact) mass is 286 g/mol. The highest BCUT2D eigenvalue weighted by atomic mass is 28.3. The summed E-state index contributed by atoms with van der Waals surface area (Å²) in [6.45, 7) is 20.3. The molecule has 0 saturated carbocycles. The molecule has 0 aliphatic heterocycles. The normalized spacial score (nSPS) is 16.3. The van der Waals surface area contributed by atoms with Crippen molar-refractivity contribution in [1.82, 2.24) is 0 Å². The Kier molecular flexibility index (Phi) is 6.32. The van der Waals surface area contributed by atoms with Gasteiger partial charge in [-0.05, 0) is 30.7 Å². The second kappa shape index (κ2) is 6.42. The van der Waals surface area contributed by atoms with Crippen LogP contribution in [-0.4, -0.2) is 20.7 Å². The van der Waals surface area contributed by atoms with Gasteiger partial charge in [0.25, 0.3) is 0 Å². The minimum absolute atomic E-state index is 0.0179. The fourth-order valence-corrected chi connectivity index (χ4v) is 2.94. The van der Waals surface area contributed by atoms with Gasteiger partial charge in [-0.3, -0.25) is 4.79 Å². The molecule has 0 spiro atoms. The summed E-state index contributed by atoms with van der Waals surface area (Å²) in [7, 11) is -1.13. The third-order valence-electron chi connectivity index (χ3n) is 3.72. The van der Waals surface area contributed by atoms with Crippen LogP contribution >= 0.6 is 0 Å². The molecule has 0 radical (unpaired) electrons. The summed E-state index contributed by atoms with van der Waals surface area (Å²) in [4.78, 5) is 12.5. The first-order valence-electron chi connectivity index (χ1n) is 7.45. The molecule has 0 N–H and O–H groups in total. The van der Waals surface area contributed by atoms with Gasteiger partial charge in [0.1, 0.15) is 0 Å².